The van der Waals surface area contributed by atoms with Gasteiger partial charge in [0.2, 0.25) is 0 Å². The number of rotatable bonds is 10. The predicted octanol–water partition coefficient (Wildman–Crippen LogP) is 6.08. The van der Waals surface area contributed by atoms with Gasteiger partial charge in [-0.15, -0.1) is 0 Å². The van der Waals surface area contributed by atoms with Gasteiger partial charge in [0, 0.05) is 4.83 Å². The number of hydrogen-bond donors (Lipinski definition) is 0. The second kappa shape index (κ2) is 7.74. The number of alkyl halides is 1. The van der Waals surface area contributed by atoms with E-state index in [2.05, 4.69) is 29.8 Å². The molecule has 1 atom stereocenters. The van der Waals surface area contributed by atoms with E-state index in [1.165, 1.54) is 70.6 Å². The molecule has 1 aliphatic carbocycles. The molecule has 0 aromatic rings. The largest absolute Gasteiger partial charge is 0.0888 e. The lowest BCUT2D eigenvalue weighted by atomic mass is 9.95. The van der Waals surface area contributed by atoms with E-state index in [4.69, 9.17) is 0 Å². The number of halogens is 1. The summed E-state index contributed by atoms with van der Waals surface area (Å²) >= 11 is 3.77. The summed E-state index contributed by atoms with van der Waals surface area (Å²) in [7, 11) is 0. The molecule has 1 fully saturated rings. The first kappa shape index (κ1) is 14.5. The summed E-state index contributed by atoms with van der Waals surface area (Å²) < 4.78 is 0. The summed E-state index contributed by atoms with van der Waals surface area (Å²) in [4.78, 5) is 0.740. The van der Waals surface area contributed by atoms with Gasteiger partial charge in [-0.2, -0.15) is 0 Å². The highest BCUT2D eigenvalue weighted by Gasteiger charge is 2.45. The molecule has 0 radical (unpaired) electrons. The van der Waals surface area contributed by atoms with Gasteiger partial charge in [0.05, 0.1) is 0 Å². The van der Waals surface area contributed by atoms with Gasteiger partial charge in [-0.1, -0.05) is 81.1 Å². The summed E-state index contributed by atoms with van der Waals surface area (Å²) in [6, 6.07) is 0. The quantitative estimate of drug-likeness (QED) is 0.337. The molecular weight excluding hydrogens is 260 g/mol. The third-order valence-electron chi connectivity index (χ3n) is 4.26. The van der Waals surface area contributed by atoms with E-state index in [9.17, 15) is 0 Å². The summed E-state index contributed by atoms with van der Waals surface area (Å²) in [5.74, 6) is 0. The van der Waals surface area contributed by atoms with E-state index in [0.29, 0.717) is 5.41 Å². The first-order chi connectivity index (χ1) is 7.71. The van der Waals surface area contributed by atoms with Crippen molar-refractivity contribution in [2.24, 2.45) is 5.41 Å². The van der Waals surface area contributed by atoms with E-state index in [1.807, 2.05) is 0 Å². The number of unbranched alkanes of at least 4 members (excludes halogenated alkanes) is 7. The maximum atomic E-state index is 3.77. The highest BCUT2D eigenvalue weighted by Crippen LogP contribution is 2.55. The van der Waals surface area contributed by atoms with Gasteiger partial charge in [0.1, 0.15) is 0 Å². The molecule has 96 valence electrons. The second-order valence-electron chi connectivity index (χ2n) is 5.70. The van der Waals surface area contributed by atoms with Crippen molar-refractivity contribution in [3.05, 3.63) is 0 Å². The molecule has 1 unspecified atom stereocenters. The molecule has 0 nitrogen and oxygen atoms in total. The zero-order valence-electron chi connectivity index (χ0n) is 11.2. The van der Waals surface area contributed by atoms with E-state index in [1.54, 1.807) is 0 Å². The van der Waals surface area contributed by atoms with Crippen LogP contribution in [0.1, 0.15) is 84.5 Å². The summed E-state index contributed by atoms with van der Waals surface area (Å²) in [5, 5.41) is 0. The highest BCUT2D eigenvalue weighted by molar-refractivity contribution is 9.09. The van der Waals surface area contributed by atoms with Gasteiger partial charge in [-0.05, 0) is 24.7 Å². The molecule has 1 heteroatoms. The minimum Gasteiger partial charge on any atom is -0.0888 e. The Morgan fingerprint density at radius 2 is 1.44 bits per heavy atom. The van der Waals surface area contributed by atoms with Gasteiger partial charge < -0.3 is 0 Å². The van der Waals surface area contributed by atoms with Crippen LogP contribution in [0.15, 0.2) is 0 Å². The van der Waals surface area contributed by atoms with Crippen molar-refractivity contribution < 1.29 is 0 Å². The van der Waals surface area contributed by atoms with Crippen molar-refractivity contribution in [2.75, 3.05) is 0 Å². The number of hydrogen-bond acceptors (Lipinski definition) is 0. The van der Waals surface area contributed by atoms with E-state index < -0.39 is 0 Å². The zero-order chi connectivity index (χ0) is 11.9. The zero-order valence-corrected chi connectivity index (χ0v) is 12.8. The third-order valence-corrected chi connectivity index (χ3v) is 5.24. The molecule has 0 aromatic heterocycles. The maximum absolute atomic E-state index is 3.77. The Morgan fingerprint density at radius 1 is 0.938 bits per heavy atom. The van der Waals surface area contributed by atoms with E-state index in [-0.39, 0.29) is 0 Å². The highest BCUT2D eigenvalue weighted by atomic mass is 79.9. The fraction of sp³-hybridized carbons (Fsp3) is 1.00. The molecule has 0 bridgehead atoms. The predicted molar refractivity (Wildman–Crippen MR) is 77.3 cm³/mol. The van der Waals surface area contributed by atoms with Crippen LogP contribution < -0.4 is 0 Å². The molecular formula is C15H29Br. The Kier molecular flexibility index (Phi) is 7.03. The topological polar surface area (TPSA) is 0 Å². The fourth-order valence-electron chi connectivity index (χ4n) is 2.62. The molecule has 1 rings (SSSR count). The Balaban J connectivity index is 1.85. The molecule has 0 spiro atoms. The average molecular weight is 289 g/mol. The molecule has 0 heterocycles. The van der Waals surface area contributed by atoms with Gasteiger partial charge in [-0.3, -0.25) is 0 Å². The van der Waals surface area contributed by atoms with Crippen molar-refractivity contribution in [1.82, 2.24) is 0 Å². The van der Waals surface area contributed by atoms with Crippen LogP contribution in [-0.2, 0) is 0 Å². The standard InChI is InChI=1S/C15H29Br/c1-3-4-5-6-7-8-9-10-11-15(12-13-15)14(2)16/h14H,3-13H2,1-2H3. The van der Waals surface area contributed by atoms with Crippen LogP contribution in [0, 0.1) is 5.41 Å². The minimum atomic E-state index is 0.711. The maximum Gasteiger partial charge on any atom is 0.0173 e. The van der Waals surface area contributed by atoms with Crippen LogP contribution in [0.2, 0.25) is 0 Å². The molecule has 0 saturated heterocycles. The minimum absolute atomic E-state index is 0.711. The van der Waals surface area contributed by atoms with Crippen molar-refractivity contribution in [1.29, 1.82) is 0 Å². The molecule has 1 aliphatic rings. The van der Waals surface area contributed by atoms with Gasteiger partial charge in [0.15, 0.2) is 0 Å². The Labute approximate surface area is 111 Å². The Morgan fingerprint density at radius 3 is 1.88 bits per heavy atom. The molecule has 16 heavy (non-hydrogen) atoms. The molecule has 0 aromatic carbocycles. The lowest BCUT2D eigenvalue weighted by Crippen LogP contribution is -2.11. The van der Waals surface area contributed by atoms with Crippen LogP contribution in [0.5, 0.6) is 0 Å². The van der Waals surface area contributed by atoms with Crippen molar-refractivity contribution in [3.8, 4) is 0 Å². The van der Waals surface area contributed by atoms with Crippen molar-refractivity contribution in [3.63, 3.8) is 0 Å². The summed E-state index contributed by atoms with van der Waals surface area (Å²) in [5.41, 5.74) is 0.711. The monoisotopic (exact) mass is 288 g/mol. The molecule has 0 N–H and O–H groups in total. The van der Waals surface area contributed by atoms with Crippen LogP contribution in [0.4, 0.5) is 0 Å². The van der Waals surface area contributed by atoms with Crippen molar-refractivity contribution in [2.45, 2.75) is 89.3 Å². The van der Waals surface area contributed by atoms with Gasteiger partial charge >= 0.3 is 0 Å². The lowest BCUT2D eigenvalue weighted by molar-refractivity contribution is 0.432. The van der Waals surface area contributed by atoms with Crippen LogP contribution in [0.25, 0.3) is 0 Å². The summed E-state index contributed by atoms with van der Waals surface area (Å²) in [6.07, 6.45) is 16.0. The first-order valence-corrected chi connectivity index (χ1v) is 8.27. The van der Waals surface area contributed by atoms with Gasteiger partial charge in [0.25, 0.3) is 0 Å². The normalized spacial score (nSPS) is 19.7. The Hall–Kier alpha value is 0.480. The Bertz CT molecular complexity index is 170. The van der Waals surface area contributed by atoms with Crippen LogP contribution in [-0.4, -0.2) is 4.83 Å². The lowest BCUT2D eigenvalue weighted by Gasteiger charge is -2.17. The third kappa shape index (κ3) is 5.21. The molecule has 0 amide bonds. The van der Waals surface area contributed by atoms with Crippen molar-refractivity contribution >= 4 is 15.9 Å². The molecule has 0 aliphatic heterocycles. The SMILES string of the molecule is CCCCCCCCCCC1(C(C)Br)CC1. The van der Waals surface area contributed by atoms with Crippen LogP contribution in [0.3, 0.4) is 0 Å². The van der Waals surface area contributed by atoms with E-state index in [0.717, 1.165) is 4.83 Å². The average Bonchev–Trinajstić information content (AvgIpc) is 3.03. The molecule has 1 saturated carbocycles. The second-order valence-corrected chi connectivity index (χ2v) is 7.08. The van der Waals surface area contributed by atoms with E-state index >= 15 is 0 Å². The van der Waals surface area contributed by atoms with Crippen LogP contribution >= 0.6 is 15.9 Å². The fourth-order valence-corrected chi connectivity index (χ4v) is 3.30. The summed E-state index contributed by atoms with van der Waals surface area (Å²) in [6.45, 7) is 4.62. The first-order valence-electron chi connectivity index (χ1n) is 7.35. The van der Waals surface area contributed by atoms with Gasteiger partial charge in [-0.25, -0.2) is 0 Å². The smallest absolute Gasteiger partial charge is 0.0173 e.